The average Bonchev–Trinajstić information content (AvgIpc) is 3.24. The summed E-state index contributed by atoms with van der Waals surface area (Å²) in [5.41, 5.74) is 2.36. The van der Waals surface area contributed by atoms with Gasteiger partial charge >= 0.3 is 0 Å². The van der Waals surface area contributed by atoms with Gasteiger partial charge in [0.1, 0.15) is 11.1 Å². The Balaban J connectivity index is 1.39. The molecule has 0 radical (unpaired) electrons. The Morgan fingerprint density at radius 1 is 1.03 bits per heavy atom. The fraction of sp³-hybridized carbons (Fsp3) is 0.0952. The van der Waals surface area contributed by atoms with Crippen LogP contribution in [0.2, 0.25) is 0 Å². The van der Waals surface area contributed by atoms with Gasteiger partial charge in [-0.2, -0.15) is 0 Å². The lowest BCUT2D eigenvalue weighted by Gasteiger charge is -2.14. The third-order valence-corrected chi connectivity index (χ3v) is 5.03. The maximum Gasteiger partial charge on any atom is 0.259 e. The monoisotopic (exact) mass is 403 g/mol. The first-order valence-corrected chi connectivity index (χ1v) is 9.73. The van der Waals surface area contributed by atoms with Gasteiger partial charge in [-0.1, -0.05) is 41.7 Å². The first-order chi connectivity index (χ1) is 14.2. The van der Waals surface area contributed by atoms with Crippen LogP contribution in [0.3, 0.4) is 0 Å². The van der Waals surface area contributed by atoms with E-state index in [2.05, 4.69) is 25.5 Å². The minimum atomic E-state index is -0.308. The predicted octanol–water partition coefficient (Wildman–Crippen LogP) is 4.39. The lowest BCUT2D eigenvalue weighted by molar-refractivity contribution is 0.102. The number of amides is 1. The Hall–Kier alpha value is -3.65. The van der Waals surface area contributed by atoms with E-state index in [1.807, 2.05) is 49.4 Å². The summed E-state index contributed by atoms with van der Waals surface area (Å²) >= 11 is 1.29. The number of carbonyl (C=O) groups excluding carboxylic acids is 1. The summed E-state index contributed by atoms with van der Waals surface area (Å²) in [4.78, 5) is 20.7. The SMILES string of the molecule is C[C@@H](Oc1ccc(C(=O)Nc2nnc(-c3ccncc3)s2)cn1)c1ccccc1. The Morgan fingerprint density at radius 2 is 1.83 bits per heavy atom. The Bertz CT molecular complexity index is 1090. The van der Waals surface area contributed by atoms with Crippen molar-refractivity contribution in [1.29, 1.82) is 0 Å². The molecule has 8 heteroatoms. The van der Waals surface area contributed by atoms with E-state index in [0.717, 1.165) is 11.1 Å². The van der Waals surface area contributed by atoms with Crippen LogP contribution in [0.15, 0.2) is 73.2 Å². The van der Waals surface area contributed by atoms with Crippen LogP contribution in [0.25, 0.3) is 10.6 Å². The summed E-state index contributed by atoms with van der Waals surface area (Å²) in [7, 11) is 0. The van der Waals surface area contributed by atoms with E-state index in [9.17, 15) is 4.79 Å². The van der Waals surface area contributed by atoms with Gasteiger partial charge in [0.05, 0.1) is 5.56 Å². The van der Waals surface area contributed by atoms with Crippen molar-refractivity contribution in [3.8, 4) is 16.5 Å². The van der Waals surface area contributed by atoms with Crippen LogP contribution < -0.4 is 10.1 Å². The van der Waals surface area contributed by atoms with Gasteiger partial charge < -0.3 is 4.74 Å². The lowest BCUT2D eigenvalue weighted by Crippen LogP contribution is -2.12. The maximum atomic E-state index is 12.5. The van der Waals surface area contributed by atoms with Crippen LogP contribution in [0, 0.1) is 0 Å². The molecule has 0 fully saturated rings. The van der Waals surface area contributed by atoms with Crippen LogP contribution >= 0.6 is 11.3 Å². The fourth-order valence-corrected chi connectivity index (χ4v) is 3.36. The van der Waals surface area contributed by atoms with Crippen molar-refractivity contribution in [3.63, 3.8) is 0 Å². The van der Waals surface area contributed by atoms with E-state index in [0.29, 0.717) is 21.6 Å². The minimum absolute atomic E-state index is 0.142. The van der Waals surface area contributed by atoms with Gasteiger partial charge in [0.25, 0.3) is 5.91 Å². The second-order valence-corrected chi connectivity index (χ2v) is 7.14. The molecule has 0 bridgehead atoms. The molecular weight excluding hydrogens is 386 g/mol. The summed E-state index contributed by atoms with van der Waals surface area (Å²) < 4.78 is 5.84. The first kappa shape index (κ1) is 18.7. The first-order valence-electron chi connectivity index (χ1n) is 8.92. The smallest absolute Gasteiger partial charge is 0.259 e. The van der Waals surface area contributed by atoms with Crippen molar-refractivity contribution in [2.75, 3.05) is 5.32 Å². The molecule has 1 atom stereocenters. The fourth-order valence-electron chi connectivity index (χ4n) is 2.61. The summed E-state index contributed by atoms with van der Waals surface area (Å²) in [6.45, 7) is 1.95. The molecular formula is C21H17N5O2S. The molecule has 1 aromatic carbocycles. The topological polar surface area (TPSA) is 89.9 Å². The molecule has 29 heavy (non-hydrogen) atoms. The number of benzene rings is 1. The molecule has 7 nitrogen and oxygen atoms in total. The molecule has 4 aromatic rings. The zero-order valence-electron chi connectivity index (χ0n) is 15.5. The molecule has 144 valence electrons. The Morgan fingerprint density at radius 3 is 2.55 bits per heavy atom. The number of aromatic nitrogens is 4. The number of hydrogen-bond acceptors (Lipinski definition) is 7. The number of pyridine rings is 2. The lowest BCUT2D eigenvalue weighted by atomic mass is 10.1. The summed E-state index contributed by atoms with van der Waals surface area (Å²) in [5.74, 6) is 0.145. The highest BCUT2D eigenvalue weighted by atomic mass is 32.1. The van der Waals surface area contributed by atoms with Gasteiger partial charge in [0, 0.05) is 30.2 Å². The molecule has 3 heterocycles. The summed E-state index contributed by atoms with van der Waals surface area (Å²) in [6, 6.07) is 16.9. The molecule has 0 saturated heterocycles. The van der Waals surface area contributed by atoms with Crippen molar-refractivity contribution in [1.82, 2.24) is 20.2 Å². The van der Waals surface area contributed by atoms with Crippen LogP contribution in [0.5, 0.6) is 5.88 Å². The molecule has 0 saturated carbocycles. The second kappa shape index (κ2) is 8.57. The largest absolute Gasteiger partial charge is 0.470 e. The van der Waals surface area contributed by atoms with Crippen LogP contribution in [0.1, 0.15) is 28.9 Å². The number of nitrogens with zero attached hydrogens (tertiary/aromatic N) is 4. The number of rotatable bonds is 6. The van der Waals surface area contributed by atoms with Gasteiger partial charge in [-0.3, -0.25) is 15.1 Å². The highest BCUT2D eigenvalue weighted by molar-refractivity contribution is 7.18. The van der Waals surface area contributed by atoms with Gasteiger partial charge in [0.15, 0.2) is 0 Å². The maximum absolute atomic E-state index is 12.5. The van der Waals surface area contributed by atoms with Crippen molar-refractivity contribution in [2.45, 2.75) is 13.0 Å². The van der Waals surface area contributed by atoms with E-state index in [4.69, 9.17) is 4.74 Å². The van der Waals surface area contributed by atoms with Crippen LogP contribution in [-0.4, -0.2) is 26.1 Å². The Kier molecular flexibility index (Phi) is 5.53. The number of hydrogen-bond donors (Lipinski definition) is 1. The highest BCUT2D eigenvalue weighted by Crippen LogP contribution is 2.26. The van der Waals surface area contributed by atoms with E-state index >= 15 is 0 Å². The zero-order chi connectivity index (χ0) is 20.1. The number of anilines is 1. The van der Waals surface area contributed by atoms with Crippen molar-refractivity contribution >= 4 is 22.4 Å². The van der Waals surface area contributed by atoms with Gasteiger partial charge in [-0.25, -0.2) is 4.98 Å². The van der Waals surface area contributed by atoms with E-state index in [1.165, 1.54) is 17.5 Å². The second-order valence-electron chi connectivity index (χ2n) is 6.16. The molecule has 0 aliphatic heterocycles. The van der Waals surface area contributed by atoms with Crippen molar-refractivity contribution in [2.24, 2.45) is 0 Å². The Labute approximate surface area is 171 Å². The number of nitrogens with one attached hydrogen (secondary N) is 1. The third-order valence-electron chi connectivity index (χ3n) is 4.14. The molecule has 1 amide bonds. The number of carbonyl (C=O) groups is 1. The standard InChI is InChI=1S/C21H17N5O2S/c1-14(15-5-3-2-4-6-15)28-18-8-7-17(13-23-18)19(27)24-21-26-25-20(29-21)16-9-11-22-12-10-16/h2-14H,1H3,(H,24,26,27)/t14-/m1/s1. The van der Waals surface area contributed by atoms with Crippen LogP contribution in [-0.2, 0) is 0 Å². The predicted molar refractivity (Wildman–Crippen MR) is 111 cm³/mol. The molecule has 0 spiro atoms. The van der Waals surface area contributed by atoms with Gasteiger partial charge in [-0.05, 0) is 30.7 Å². The van der Waals surface area contributed by atoms with E-state index < -0.39 is 0 Å². The van der Waals surface area contributed by atoms with E-state index in [-0.39, 0.29) is 12.0 Å². The summed E-state index contributed by atoms with van der Waals surface area (Å²) in [5, 5.41) is 12.0. The van der Waals surface area contributed by atoms with E-state index in [1.54, 1.807) is 24.5 Å². The summed E-state index contributed by atoms with van der Waals surface area (Å²) in [6.07, 6.45) is 4.70. The van der Waals surface area contributed by atoms with Crippen molar-refractivity contribution < 1.29 is 9.53 Å². The molecule has 0 aliphatic carbocycles. The normalized spacial score (nSPS) is 11.6. The highest BCUT2D eigenvalue weighted by Gasteiger charge is 2.13. The van der Waals surface area contributed by atoms with Gasteiger partial charge in [-0.15, -0.1) is 10.2 Å². The zero-order valence-corrected chi connectivity index (χ0v) is 16.3. The van der Waals surface area contributed by atoms with Gasteiger partial charge in [0.2, 0.25) is 11.0 Å². The molecule has 4 rings (SSSR count). The molecule has 0 aliphatic rings. The van der Waals surface area contributed by atoms with Crippen LogP contribution in [0.4, 0.5) is 5.13 Å². The molecule has 0 unspecified atom stereocenters. The third kappa shape index (κ3) is 4.61. The average molecular weight is 403 g/mol. The molecule has 3 aromatic heterocycles. The van der Waals surface area contributed by atoms with Crippen molar-refractivity contribution in [3.05, 3.63) is 84.3 Å². The minimum Gasteiger partial charge on any atom is -0.470 e. The quantitative estimate of drug-likeness (QED) is 0.514. The molecule has 1 N–H and O–H groups in total. The number of ether oxygens (including phenoxy) is 1.